The van der Waals surface area contributed by atoms with Crippen LogP contribution in [0.5, 0.6) is 0 Å². The van der Waals surface area contributed by atoms with Crippen molar-refractivity contribution < 1.29 is 4.74 Å². The fraction of sp³-hybridized carbons (Fsp3) is 1.00. The predicted octanol–water partition coefficient (Wildman–Crippen LogP) is 3.61. The average molecular weight is 241 g/mol. The highest BCUT2D eigenvalue weighted by atomic mass is 16.5. The highest BCUT2D eigenvalue weighted by Gasteiger charge is 2.46. The standard InChI is InChI=1S/C15H31NO/c1-7-17-15(10-8-12(2)9-11-15)13(16-6)14(3,4)5/h12-13,16H,7-11H2,1-6H3. The molecular weight excluding hydrogens is 210 g/mol. The van der Waals surface area contributed by atoms with Crippen molar-refractivity contribution in [2.45, 2.75) is 71.9 Å². The Balaban J connectivity index is 2.89. The molecule has 1 fully saturated rings. The SMILES string of the molecule is CCOC1(C(NC)C(C)(C)C)CCC(C)CC1. The van der Waals surface area contributed by atoms with Gasteiger partial charge >= 0.3 is 0 Å². The van der Waals surface area contributed by atoms with Crippen LogP contribution in [0.3, 0.4) is 0 Å². The number of hydrogen-bond donors (Lipinski definition) is 1. The van der Waals surface area contributed by atoms with Crippen LogP contribution in [0.25, 0.3) is 0 Å². The summed E-state index contributed by atoms with van der Waals surface area (Å²) in [5.74, 6) is 0.862. The minimum atomic E-state index is 0.0499. The summed E-state index contributed by atoms with van der Waals surface area (Å²) < 4.78 is 6.24. The molecule has 0 aliphatic heterocycles. The molecule has 1 unspecified atom stereocenters. The van der Waals surface area contributed by atoms with E-state index in [2.05, 4.69) is 47.0 Å². The summed E-state index contributed by atoms with van der Waals surface area (Å²) >= 11 is 0. The maximum Gasteiger partial charge on any atom is 0.0839 e. The molecule has 0 bridgehead atoms. The van der Waals surface area contributed by atoms with Crippen molar-refractivity contribution in [3.05, 3.63) is 0 Å². The van der Waals surface area contributed by atoms with Crippen LogP contribution in [-0.4, -0.2) is 25.3 Å². The zero-order chi connectivity index (χ0) is 13.1. The highest BCUT2D eigenvalue weighted by Crippen LogP contribution is 2.42. The van der Waals surface area contributed by atoms with Crippen LogP contribution in [0.2, 0.25) is 0 Å². The third kappa shape index (κ3) is 3.45. The van der Waals surface area contributed by atoms with Crippen LogP contribution in [-0.2, 0) is 4.74 Å². The molecule has 0 amide bonds. The lowest BCUT2D eigenvalue weighted by molar-refractivity contribution is -0.116. The molecule has 1 aliphatic rings. The monoisotopic (exact) mass is 241 g/mol. The van der Waals surface area contributed by atoms with Crippen molar-refractivity contribution in [2.75, 3.05) is 13.7 Å². The number of nitrogens with one attached hydrogen (secondary N) is 1. The first-order chi connectivity index (χ1) is 7.85. The smallest absolute Gasteiger partial charge is 0.0839 e. The van der Waals surface area contributed by atoms with Crippen molar-refractivity contribution in [1.82, 2.24) is 5.32 Å². The molecule has 0 spiro atoms. The van der Waals surface area contributed by atoms with Gasteiger partial charge in [0.2, 0.25) is 0 Å². The summed E-state index contributed by atoms with van der Waals surface area (Å²) in [7, 11) is 2.08. The average Bonchev–Trinajstić information content (AvgIpc) is 2.22. The molecule has 2 heteroatoms. The fourth-order valence-corrected chi connectivity index (χ4v) is 3.54. The van der Waals surface area contributed by atoms with Crippen LogP contribution in [0.15, 0.2) is 0 Å². The molecule has 0 radical (unpaired) electrons. The van der Waals surface area contributed by atoms with Gasteiger partial charge in [-0.25, -0.2) is 0 Å². The summed E-state index contributed by atoms with van der Waals surface area (Å²) in [6.07, 6.45) is 5.00. The number of ether oxygens (including phenoxy) is 1. The van der Waals surface area contributed by atoms with Crippen LogP contribution < -0.4 is 5.32 Å². The Labute approximate surface area is 108 Å². The molecule has 0 aromatic heterocycles. The van der Waals surface area contributed by atoms with Gasteiger partial charge in [0, 0.05) is 12.6 Å². The van der Waals surface area contributed by atoms with Gasteiger partial charge < -0.3 is 10.1 Å². The van der Waals surface area contributed by atoms with Gasteiger partial charge in [-0.05, 0) is 51.0 Å². The molecule has 1 rings (SSSR count). The molecular formula is C15H31NO. The highest BCUT2D eigenvalue weighted by molar-refractivity contribution is 5.01. The van der Waals surface area contributed by atoms with Gasteiger partial charge in [0.1, 0.15) is 0 Å². The van der Waals surface area contributed by atoms with Crippen LogP contribution in [0.1, 0.15) is 60.3 Å². The fourth-order valence-electron chi connectivity index (χ4n) is 3.54. The topological polar surface area (TPSA) is 21.3 Å². The van der Waals surface area contributed by atoms with Crippen molar-refractivity contribution in [3.8, 4) is 0 Å². The van der Waals surface area contributed by atoms with Crippen molar-refractivity contribution >= 4 is 0 Å². The molecule has 2 nitrogen and oxygen atoms in total. The van der Waals surface area contributed by atoms with E-state index in [9.17, 15) is 0 Å². The van der Waals surface area contributed by atoms with E-state index in [0.29, 0.717) is 6.04 Å². The largest absolute Gasteiger partial charge is 0.374 e. The molecule has 1 atom stereocenters. The first kappa shape index (κ1) is 15.0. The van der Waals surface area contributed by atoms with E-state index in [0.717, 1.165) is 12.5 Å². The van der Waals surface area contributed by atoms with E-state index in [-0.39, 0.29) is 11.0 Å². The molecule has 17 heavy (non-hydrogen) atoms. The van der Waals surface area contributed by atoms with Gasteiger partial charge in [0.25, 0.3) is 0 Å². The zero-order valence-electron chi connectivity index (χ0n) is 12.6. The number of rotatable bonds is 4. The van der Waals surface area contributed by atoms with Crippen LogP contribution >= 0.6 is 0 Å². The minimum Gasteiger partial charge on any atom is -0.374 e. The maximum atomic E-state index is 6.24. The van der Waals surface area contributed by atoms with Gasteiger partial charge in [-0.1, -0.05) is 27.7 Å². The second kappa shape index (κ2) is 5.71. The second-order valence-electron chi connectivity index (χ2n) is 6.77. The summed E-state index contributed by atoms with van der Waals surface area (Å²) in [6, 6.07) is 0.433. The van der Waals surface area contributed by atoms with Crippen molar-refractivity contribution in [3.63, 3.8) is 0 Å². The first-order valence-electron chi connectivity index (χ1n) is 7.17. The Kier molecular flexibility index (Phi) is 5.03. The van der Waals surface area contributed by atoms with Gasteiger partial charge in [-0.15, -0.1) is 0 Å². The third-order valence-corrected chi connectivity index (χ3v) is 4.23. The lowest BCUT2D eigenvalue weighted by Crippen LogP contribution is -2.59. The van der Waals surface area contributed by atoms with Gasteiger partial charge in [-0.2, -0.15) is 0 Å². The molecule has 0 aromatic carbocycles. The van der Waals surface area contributed by atoms with E-state index in [1.807, 2.05) is 0 Å². The molecule has 1 aliphatic carbocycles. The lowest BCUT2D eigenvalue weighted by Gasteiger charge is -2.49. The zero-order valence-corrected chi connectivity index (χ0v) is 12.6. The summed E-state index contributed by atoms with van der Waals surface area (Å²) in [5, 5.41) is 3.53. The lowest BCUT2D eigenvalue weighted by atomic mass is 9.68. The van der Waals surface area contributed by atoms with E-state index >= 15 is 0 Å². The Bertz CT molecular complexity index is 224. The molecule has 0 saturated heterocycles. The third-order valence-electron chi connectivity index (χ3n) is 4.23. The van der Waals surface area contributed by atoms with E-state index < -0.39 is 0 Å². The Morgan fingerprint density at radius 3 is 2.18 bits per heavy atom. The summed E-state index contributed by atoms with van der Waals surface area (Å²) in [5.41, 5.74) is 0.290. The van der Waals surface area contributed by atoms with Crippen LogP contribution in [0, 0.1) is 11.3 Å². The Morgan fingerprint density at radius 2 is 1.82 bits per heavy atom. The Morgan fingerprint density at radius 1 is 1.29 bits per heavy atom. The van der Waals surface area contributed by atoms with Crippen molar-refractivity contribution in [1.29, 1.82) is 0 Å². The quantitative estimate of drug-likeness (QED) is 0.812. The minimum absolute atomic E-state index is 0.0499. The maximum absolute atomic E-state index is 6.24. The number of likely N-dealkylation sites (N-methyl/N-ethyl adjacent to an activating group) is 1. The van der Waals surface area contributed by atoms with Gasteiger partial charge in [0.15, 0.2) is 0 Å². The molecule has 0 heterocycles. The Hall–Kier alpha value is -0.0800. The van der Waals surface area contributed by atoms with Crippen LogP contribution in [0.4, 0.5) is 0 Å². The van der Waals surface area contributed by atoms with Gasteiger partial charge in [0.05, 0.1) is 5.60 Å². The molecule has 1 saturated carbocycles. The molecule has 0 aromatic rings. The van der Waals surface area contributed by atoms with Gasteiger partial charge in [-0.3, -0.25) is 0 Å². The normalized spacial score (nSPS) is 32.5. The van der Waals surface area contributed by atoms with E-state index in [1.165, 1.54) is 25.7 Å². The summed E-state index contributed by atoms with van der Waals surface area (Å²) in [6.45, 7) is 12.2. The van der Waals surface area contributed by atoms with E-state index in [1.54, 1.807) is 0 Å². The summed E-state index contributed by atoms with van der Waals surface area (Å²) in [4.78, 5) is 0. The van der Waals surface area contributed by atoms with Crippen molar-refractivity contribution in [2.24, 2.45) is 11.3 Å². The predicted molar refractivity (Wildman–Crippen MR) is 74.3 cm³/mol. The second-order valence-corrected chi connectivity index (χ2v) is 6.77. The van der Waals surface area contributed by atoms with E-state index in [4.69, 9.17) is 4.74 Å². The number of hydrogen-bond acceptors (Lipinski definition) is 2. The molecule has 1 N–H and O–H groups in total. The first-order valence-corrected chi connectivity index (χ1v) is 7.17. The molecule has 102 valence electrons.